The highest BCUT2D eigenvalue weighted by Gasteiger charge is 2.28. The zero-order chi connectivity index (χ0) is 14.0. The number of nitrogens with zero attached hydrogens (tertiary/aromatic N) is 2. The Hall–Kier alpha value is -1.88. The van der Waals surface area contributed by atoms with Gasteiger partial charge in [-0.1, -0.05) is 12.1 Å². The molecule has 0 saturated carbocycles. The van der Waals surface area contributed by atoms with E-state index in [0.29, 0.717) is 6.42 Å². The van der Waals surface area contributed by atoms with Crippen molar-refractivity contribution < 1.29 is 14.7 Å². The molecule has 102 valence electrons. The quantitative estimate of drug-likeness (QED) is 0.802. The van der Waals surface area contributed by atoms with Gasteiger partial charge in [-0.15, -0.1) is 0 Å². The Morgan fingerprint density at radius 3 is 2.47 bits per heavy atom. The second kappa shape index (κ2) is 5.40. The number of amides is 2. The molecule has 0 aromatic heterocycles. The number of hydrogen-bond donors (Lipinski definition) is 1. The van der Waals surface area contributed by atoms with Crippen LogP contribution in [0.2, 0.25) is 0 Å². The summed E-state index contributed by atoms with van der Waals surface area (Å²) in [5.41, 5.74) is 1.83. The van der Waals surface area contributed by atoms with Crippen molar-refractivity contribution in [2.45, 2.75) is 19.4 Å². The van der Waals surface area contributed by atoms with Gasteiger partial charge < -0.3 is 10.0 Å². The summed E-state index contributed by atoms with van der Waals surface area (Å²) in [6.45, 7) is 2.15. The number of imide groups is 1. The second-order valence-corrected chi connectivity index (χ2v) is 4.93. The fourth-order valence-electron chi connectivity index (χ4n) is 2.14. The maximum absolute atomic E-state index is 11.7. The molecule has 1 N–H and O–H groups in total. The van der Waals surface area contributed by atoms with Crippen LogP contribution in [0.3, 0.4) is 0 Å². The number of carbonyl (C=O) groups is 2. The molecular weight excluding hydrogens is 244 g/mol. The zero-order valence-corrected chi connectivity index (χ0v) is 11.2. The maximum Gasteiger partial charge on any atom is 0.248 e. The molecule has 1 saturated heterocycles. The fraction of sp³-hybridized carbons (Fsp3) is 0.429. The SMILES string of the molecule is CC(O)Cc1cccc(N2CC(=O)N(C)C(=O)C2)c1. The smallest absolute Gasteiger partial charge is 0.248 e. The molecule has 5 heteroatoms. The molecular formula is C14H18N2O3. The predicted molar refractivity (Wildman–Crippen MR) is 71.8 cm³/mol. The van der Waals surface area contributed by atoms with Gasteiger partial charge in [-0.2, -0.15) is 0 Å². The number of carbonyl (C=O) groups excluding carboxylic acids is 2. The highest BCUT2D eigenvalue weighted by molar-refractivity contribution is 6.02. The van der Waals surface area contributed by atoms with Gasteiger partial charge in [-0.3, -0.25) is 14.5 Å². The van der Waals surface area contributed by atoms with Crippen LogP contribution in [0.4, 0.5) is 5.69 Å². The second-order valence-electron chi connectivity index (χ2n) is 4.93. The molecule has 1 aliphatic rings. The Morgan fingerprint density at radius 1 is 1.26 bits per heavy atom. The molecule has 2 rings (SSSR count). The van der Waals surface area contributed by atoms with Gasteiger partial charge in [0.1, 0.15) is 0 Å². The topological polar surface area (TPSA) is 60.9 Å². The van der Waals surface area contributed by atoms with E-state index in [-0.39, 0.29) is 24.9 Å². The first kappa shape index (κ1) is 13.5. The van der Waals surface area contributed by atoms with E-state index in [1.807, 2.05) is 24.3 Å². The lowest BCUT2D eigenvalue weighted by molar-refractivity contribution is -0.143. The minimum atomic E-state index is -0.411. The number of anilines is 1. The van der Waals surface area contributed by atoms with E-state index in [1.54, 1.807) is 11.8 Å². The van der Waals surface area contributed by atoms with Crippen molar-refractivity contribution >= 4 is 17.5 Å². The standard InChI is InChI=1S/C14H18N2O3/c1-10(17)6-11-4-3-5-12(7-11)16-8-13(18)15(2)14(19)9-16/h3-5,7,10,17H,6,8-9H2,1-2H3. The van der Waals surface area contributed by atoms with Gasteiger partial charge in [0.15, 0.2) is 0 Å². The molecule has 1 aromatic carbocycles. The van der Waals surface area contributed by atoms with Gasteiger partial charge in [-0.05, 0) is 31.0 Å². The molecule has 1 unspecified atom stereocenters. The van der Waals surface area contributed by atoms with E-state index in [0.717, 1.165) is 16.2 Å². The molecule has 0 bridgehead atoms. The van der Waals surface area contributed by atoms with E-state index in [4.69, 9.17) is 0 Å². The Labute approximate surface area is 112 Å². The van der Waals surface area contributed by atoms with Crippen LogP contribution in [0.5, 0.6) is 0 Å². The third-order valence-corrected chi connectivity index (χ3v) is 3.21. The molecule has 5 nitrogen and oxygen atoms in total. The van der Waals surface area contributed by atoms with Crippen molar-refractivity contribution in [2.24, 2.45) is 0 Å². The van der Waals surface area contributed by atoms with Crippen molar-refractivity contribution in [3.63, 3.8) is 0 Å². The zero-order valence-electron chi connectivity index (χ0n) is 11.2. The molecule has 1 atom stereocenters. The average molecular weight is 262 g/mol. The van der Waals surface area contributed by atoms with Crippen LogP contribution in [0, 0.1) is 0 Å². The fourth-order valence-corrected chi connectivity index (χ4v) is 2.14. The summed E-state index contributed by atoms with van der Waals surface area (Å²) in [5, 5.41) is 9.40. The third-order valence-electron chi connectivity index (χ3n) is 3.21. The number of benzene rings is 1. The highest BCUT2D eigenvalue weighted by Crippen LogP contribution is 2.19. The minimum absolute atomic E-state index is 0.197. The number of piperazine rings is 1. The van der Waals surface area contributed by atoms with Gasteiger partial charge in [0.2, 0.25) is 11.8 Å². The van der Waals surface area contributed by atoms with Crippen molar-refractivity contribution in [3.05, 3.63) is 29.8 Å². The Bertz CT molecular complexity index is 481. The van der Waals surface area contributed by atoms with E-state index in [9.17, 15) is 14.7 Å². The summed E-state index contributed by atoms with van der Waals surface area (Å²) in [6.07, 6.45) is 0.148. The minimum Gasteiger partial charge on any atom is -0.393 e. The van der Waals surface area contributed by atoms with Crippen LogP contribution in [-0.4, -0.2) is 48.1 Å². The molecule has 2 amide bonds. The number of rotatable bonds is 3. The maximum atomic E-state index is 11.7. The van der Waals surface area contributed by atoms with Crippen molar-refractivity contribution in [3.8, 4) is 0 Å². The highest BCUT2D eigenvalue weighted by atomic mass is 16.3. The number of hydrogen-bond acceptors (Lipinski definition) is 4. The first-order valence-corrected chi connectivity index (χ1v) is 6.28. The van der Waals surface area contributed by atoms with Gasteiger partial charge in [0, 0.05) is 12.7 Å². The van der Waals surface area contributed by atoms with Crippen LogP contribution < -0.4 is 4.90 Å². The predicted octanol–water partition coefficient (Wildman–Crippen LogP) is 0.415. The van der Waals surface area contributed by atoms with Crippen LogP contribution in [-0.2, 0) is 16.0 Å². The monoisotopic (exact) mass is 262 g/mol. The number of likely N-dealkylation sites (N-methyl/N-ethyl adjacent to an activating group) is 1. The molecule has 0 radical (unpaired) electrons. The van der Waals surface area contributed by atoms with E-state index < -0.39 is 6.10 Å². The summed E-state index contributed by atoms with van der Waals surface area (Å²) in [5.74, 6) is -0.394. The molecule has 1 aromatic rings. The van der Waals surface area contributed by atoms with Crippen molar-refractivity contribution in [1.29, 1.82) is 0 Å². The van der Waals surface area contributed by atoms with Crippen LogP contribution >= 0.6 is 0 Å². The van der Waals surface area contributed by atoms with E-state index >= 15 is 0 Å². The molecule has 19 heavy (non-hydrogen) atoms. The average Bonchev–Trinajstić information content (AvgIpc) is 2.35. The first-order valence-electron chi connectivity index (χ1n) is 6.28. The summed E-state index contributed by atoms with van der Waals surface area (Å²) in [7, 11) is 1.51. The lowest BCUT2D eigenvalue weighted by Gasteiger charge is -2.32. The lowest BCUT2D eigenvalue weighted by atomic mass is 10.1. The molecule has 1 fully saturated rings. The largest absolute Gasteiger partial charge is 0.393 e. The molecule has 0 spiro atoms. The molecule has 1 aliphatic heterocycles. The molecule has 1 heterocycles. The summed E-state index contributed by atoms with van der Waals surface area (Å²) >= 11 is 0. The summed E-state index contributed by atoms with van der Waals surface area (Å²) < 4.78 is 0. The van der Waals surface area contributed by atoms with Crippen molar-refractivity contribution in [1.82, 2.24) is 4.90 Å². The van der Waals surface area contributed by atoms with Crippen molar-refractivity contribution in [2.75, 3.05) is 25.0 Å². The van der Waals surface area contributed by atoms with Gasteiger partial charge in [-0.25, -0.2) is 0 Å². The number of aliphatic hydroxyl groups is 1. The van der Waals surface area contributed by atoms with E-state index in [1.165, 1.54) is 7.05 Å². The van der Waals surface area contributed by atoms with Gasteiger partial charge >= 0.3 is 0 Å². The van der Waals surface area contributed by atoms with Gasteiger partial charge in [0.25, 0.3) is 0 Å². The van der Waals surface area contributed by atoms with Crippen LogP contribution in [0.25, 0.3) is 0 Å². The Morgan fingerprint density at radius 2 is 1.89 bits per heavy atom. The third kappa shape index (κ3) is 3.12. The lowest BCUT2D eigenvalue weighted by Crippen LogP contribution is -2.52. The Kier molecular flexibility index (Phi) is 3.85. The normalized spacial score (nSPS) is 17.8. The first-order chi connectivity index (χ1) is 8.97. The van der Waals surface area contributed by atoms with E-state index in [2.05, 4.69) is 0 Å². The summed E-state index contributed by atoms with van der Waals surface area (Å²) in [4.78, 5) is 26.3. The van der Waals surface area contributed by atoms with Crippen LogP contribution in [0.15, 0.2) is 24.3 Å². The Balaban J connectivity index is 2.18. The molecule has 0 aliphatic carbocycles. The van der Waals surface area contributed by atoms with Crippen LogP contribution in [0.1, 0.15) is 12.5 Å². The van der Waals surface area contributed by atoms with Gasteiger partial charge in [0.05, 0.1) is 19.2 Å². The summed E-state index contributed by atoms with van der Waals surface area (Å²) in [6, 6.07) is 7.59. The number of aliphatic hydroxyl groups excluding tert-OH is 1.